The zero-order valence-electron chi connectivity index (χ0n) is 18.4. The van der Waals surface area contributed by atoms with Gasteiger partial charge in [-0.1, -0.05) is 18.2 Å². The molecule has 3 N–H and O–H groups in total. The van der Waals surface area contributed by atoms with Crippen molar-refractivity contribution in [3.05, 3.63) is 76.6 Å². The van der Waals surface area contributed by atoms with Gasteiger partial charge in [-0.3, -0.25) is 4.79 Å². The molecule has 166 valence electrons. The molecule has 33 heavy (non-hydrogen) atoms. The predicted molar refractivity (Wildman–Crippen MR) is 128 cm³/mol. The molecule has 5 rings (SSSR count). The number of methoxy groups -OCH3 is 2. The second-order valence-electron chi connectivity index (χ2n) is 7.59. The number of aryl methyl sites for hydroxylation is 1. The van der Waals surface area contributed by atoms with Crippen LogP contribution in [0.15, 0.2) is 65.5 Å². The Hall–Kier alpha value is -4.46. The van der Waals surface area contributed by atoms with E-state index in [2.05, 4.69) is 4.98 Å². The first kappa shape index (κ1) is 20.4. The summed E-state index contributed by atoms with van der Waals surface area (Å²) in [7, 11) is 3.11. The van der Waals surface area contributed by atoms with Gasteiger partial charge >= 0.3 is 0 Å². The number of para-hydroxylation sites is 1. The molecule has 2 aromatic heterocycles. The molecule has 0 atom stereocenters. The van der Waals surface area contributed by atoms with Crippen LogP contribution in [0, 0.1) is 6.92 Å². The number of nitrogens with two attached hydrogens (primary N) is 1. The third-order valence-corrected chi connectivity index (χ3v) is 5.54. The summed E-state index contributed by atoms with van der Waals surface area (Å²) in [6, 6.07) is 18.6. The number of nitrogens with zero attached hydrogens (tertiary/aromatic N) is 2. The number of fused-ring (bicyclic) bond motifs is 3. The maximum atomic E-state index is 12.9. The topological polar surface area (TPSA) is 104 Å². The number of H-pyrrole nitrogens is 1. The molecule has 8 nitrogen and oxygen atoms in total. The van der Waals surface area contributed by atoms with Gasteiger partial charge in [0, 0.05) is 12.1 Å². The van der Waals surface area contributed by atoms with Gasteiger partial charge in [-0.05, 0) is 42.8 Å². The summed E-state index contributed by atoms with van der Waals surface area (Å²) in [4.78, 5) is 15.8. The molecule has 0 fully saturated rings. The van der Waals surface area contributed by atoms with Gasteiger partial charge in [-0.15, -0.1) is 0 Å². The lowest BCUT2D eigenvalue weighted by Gasteiger charge is -2.11. The van der Waals surface area contributed by atoms with Crippen LogP contribution in [-0.2, 0) is 0 Å². The van der Waals surface area contributed by atoms with E-state index in [4.69, 9.17) is 25.0 Å². The first-order chi connectivity index (χ1) is 16.0. The fourth-order valence-corrected chi connectivity index (χ4v) is 3.96. The summed E-state index contributed by atoms with van der Waals surface area (Å²) in [6.07, 6.45) is 0. The first-order valence-corrected chi connectivity index (χ1v) is 10.3. The van der Waals surface area contributed by atoms with Crippen LogP contribution >= 0.6 is 0 Å². The molecule has 0 bridgehead atoms. The quantitative estimate of drug-likeness (QED) is 0.413. The van der Waals surface area contributed by atoms with E-state index < -0.39 is 0 Å². The molecule has 2 heterocycles. The third-order valence-electron chi connectivity index (χ3n) is 5.54. The monoisotopic (exact) mass is 442 g/mol. The molecule has 0 aliphatic carbocycles. The molecule has 8 heteroatoms. The van der Waals surface area contributed by atoms with Gasteiger partial charge < -0.3 is 24.9 Å². The first-order valence-electron chi connectivity index (χ1n) is 10.3. The van der Waals surface area contributed by atoms with Gasteiger partial charge in [0.2, 0.25) is 0 Å². The van der Waals surface area contributed by atoms with E-state index in [1.807, 2.05) is 55.5 Å². The zero-order valence-corrected chi connectivity index (χ0v) is 18.4. The number of anilines is 1. The molecule has 0 aliphatic rings. The van der Waals surface area contributed by atoms with Crippen molar-refractivity contribution in [2.45, 2.75) is 6.92 Å². The fraction of sp³-hybridized carbons (Fsp3) is 0.120. The van der Waals surface area contributed by atoms with E-state index in [0.29, 0.717) is 39.1 Å². The SMILES string of the molecule is COc1cc(OC)c2c(c1)[nH]c(=O)c1c(N)n(-c3ccc(Oc4ccccc4)cc3C)nc12. The number of benzene rings is 3. The minimum Gasteiger partial charge on any atom is -0.497 e. The van der Waals surface area contributed by atoms with Gasteiger partial charge in [0.05, 0.1) is 30.8 Å². The van der Waals surface area contributed by atoms with Crippen LogP contribution in [0.3, 0.4) is 0 Å². The number of nitrogen functional groups attached to an aromatic ring is 1. The number of rotatable bonds is 5. The fourth-order valence-electron chi connectivity index (χ4n) is 3.96. The number of aromatic amines is 1. The average molecular weight is 442 g/mol. The molecule has 0 aliphatic heterocycles. The highest BCUT2D eigenvalue weighted by atomic mass is 16.5. The van der Waals surface area contributed by atoms with Gasteiger partial charge in [0.15, 0.2) is 0 Å². The summed E-state index contributed by atoms with van der Waals surface area (Å²) < 4.78 is 18.4. The molecule has 0 radical (unpaired) electrons. The van der Waals surface area contributed by atoms with E-state index in [9.17, 15) is 4.79 Å². The molecular formula is C25H22N4O4. The minimum absolute atomic E-state index is 0.242. The minimum atomic E-state index is -0.335. The van der Waals surface area contributed by atoms with E-state index >= 15 is 0 Å². The smallest absolute Gasteiger partial charge is 0.261 e. The van der Waals surface area contributed by atoms with Gasteiger partial charge in [-0.2, -0.15) is 5.10 Å². The Morgan fingerprint density at radius 2 is 1.70 bits per heavy atom. The second kappa shape index (κ2) is 7.90. The summed E-state index contributed by atoms with van der Waals surface area (Å²) in [5.41, 5.74) is 8.72. The van der Waals surface area contributed by atoms with Crippen molar-refractivity contribution in [1.82, 2.24) is 14.8 Å². The van der Waals surface area contributed by atoms with E-state index in [1.54, 1.807) is 31.0 Å². The number of nitrogens with one attached hydrogen (secondary N) is 1. The van der Waals surface area contributed by atoms with E-state index in [0.717, 1.165) is 17.0 Å². The van der Waals surface area contributed by atoms with Crippen LogP contribution in [0.2, 0.25) is 0 Å². The Morgan fingerprint density at radius 3 is 2.39 bits per heavy atom. The highest BCUT2D eigenvalue weighted by molar-refractivity contribution is 6.10. The van der Waals surface area contributed by atoms with Crippen LogP contribution in [0.5, 0.6) is 23.0 Å². The molecule has 0 amide bonds. The molecule has 0 saturated heterocycles. The molecular weight excluding hydrogens is 420 g/mol. The third kappa shape index (κ3) is 3.41. The van der Waals surface area contributed by atoms with Gasteiger partial charge in [0.25, 0.3) is 5.56 Å². The van der Waals surface area contributed by atoms with Crippen LogP contribution in [0.4, 0.5) is 5.82 Å². The van der Waals surface area contributed by atoms with Crippen molar-refractivity contribution in [2.75, 3.05) is 20.0 Å². The lowest BCUT2D eigenvalue weighted by atomic mass is 10.1. The standard InChI is InChI=1S/C25H22N4O4/c1-14-11-16(33-15-7-5-4-6-8-15)9-10-19(14)29-24(26)22-23(28-29)21-18(27-25(22)30)12-17(31-2)13-20(21)32-3/h4-13H,26H2,1-3H3,(H,27,30). The number of pyridine rings is 1. The molecule has 0 unspecified atom stereocenters. The molecule has 5 aromatic rings. The Bertz CT molecular complexity index is 1550. The summed E-state index contributed by atoms with van der Waals surface area (Å²) in [5.74, 6) is 2.76. The highest BCUT2D eigenvalue weighted by Crippen LogP contribution is 2.36. The second-order valence-corrected chi connectivity index (χ2v) is 7.59. The summed E-state index contributed by atoms with van der Waals surface area (Å²) >= 11 is 0. The van der Waals surface area contributed by atoms with E-state index in [-0.39, 0.29) is 11.4 Å². The normalized spacial score (nSPS) is 11.1. The van der Waals surface area contributed by atoms with Crippen molar-refractivity contribution in [1.29, 1.82) is 0 Å². The maximum absolute atomic E-state index is 12.9. The Morgan fingerprint density at radius 1 is 0.909 bits per heavy atom. The molecule has 0 spiro atoms. The Kier molecular flexibility index (Phi) is 4.90. The largest absolute Gasteiger partial charge is 0.497 e. The molecule has 3 aromatic carbocycles. The zero-order chi connectivity index (χ0) is 23.1. The van der Waals surface area contributed by atoms with Crippen LogP contribution in [-0.4, -0.2) is 29.0 Å². The van der Waals surface area contributed by atoms with Crippen molar-refractivity contribution in [3.8, 4) is 28.7 Å². The van der Waals surface area contributed by atoms with Crippen LogP contribution in [0.1, 0.15) is 5.56 Å². The highest BCUT2D eigenvalue weighted by Gasteiger charge is 2.20. The van der Waals surface area contributed by atoms with Crippen LogP contribution in [0.25, 0.3) is 27.5 Å². The summed E-state index contributed by atoms with van der Waals surface area (Å²) in [6.45, 7) is 1.94. The average Bonchev–Trinajstić information content (AvgIpc) is 3.16. The maximum Gasteiger partial charge on any atom is 0.261 e. The number of aromatic nitrogens is 3. The lowest BCUT2D eigenvalue weighted by Crippen LogP contribution is -2.09. The summed E-state index contributed by atoms with van der Waals surface area (Å²) in [5, 5.41) is 5.67. The number of ether oxygens (including phenoxy) is 3. The van der Waals surface area contributed by atoms with Crippen molar-refractivity contribution in [3.63, 3.8) is 0 Å². The van der Waals surface area contributed by atoms with Gasteiger partial charge in [-0.25, -0.2) is 4.68 Å². The Balaban J connectivity index is 1.68. The van der Waals surface area contributed by atoms with Crippen LogP contribution < -0.4 is 25.5 Å². The molecule has 0 saturated carbocycles. The number of hydrogen-bond donors (Lipinski definition) is 2. The Labute approximate surface area is 189 Å². The van der Waals surface area contributed by atoms with Crippen molar-refractivity contribution >= 4 is 27.6 Å². The predicted octanol–water partition coefficient (Wildman–Crippen LogP) is 4.57. The van der Waals surface area contributed by atoms with E-state index in [1.165, 1.54) is 0 Å². The van der Waals surface area contributed by atoms with Crippen molar-refractivity contribution < 1.29 is 14.2 Å². The lowest BCUT2D eigenvalue weighted by molar-refractivity contribution is 0.398. The van der Waals surface area contributed by atoms with Gasteiger partial charge in [0.1, 0.15) is 39.7 Å². The number of hydrogen-bond acceptors (Lipinski definition) is 6. The van der Waals surface area contributed by atoms with Crippen molar-refractivity contribution in [2.24, 2.45) is 0 Å².